The Hall–Kier alpha value is -4.56. The van der Waals surface area contributed by atoms with Gasteiger partial charge in [-0.3, -0.25) is 9.59 Å². The van der Waals surface area contributed by atoms with E-state index in [1.165, 1.54) is 147 Å². The minimum atomic E-state index is -0.261. The molecule has 338 valence electrons. The van der Waals surface area contributed by atoms with Gasteiger partial charge >= 0.3 is 0 Å². The zero-order chi connectivity index (χ0) is 45.3. The molecule has 0 N–H and O–H groups in total. The van der Waals surface area contributed by atoms with Crippen molar-refractivity contribution in [2.45, 2.75) is 193 Å². The van der Waals surface area contributed by atoms with Crippen LogP contribution < -0.4 is 0 Å². The fourth-order valence-corrected chi connectivity index (χ4v) is 11.6. The van der Waals surface area contributed by atoms with Crippen LogP contribution in [0.3, 0.4) is 0 Å². The Bertz CT molecular complexity index is 2200. The molecule has 0 atom stereocenters. The van der Waals surface area contributed by atoms with Crippen LogP contribution in [0.2, 0.25) is 0 Å². The van der Waals surface area contributed by atoms with Crippen molar-refractivity contribution >= 4 is 11.6 Å². The lowest BCUT2D eigenvalue weighted by Gasteiger charge is -2.33. The van der Waals surface area contributed by atoms with Crippen molar-refractivity contribution in [2.24, 2.45) is 0 Å². The third-order valence-electron chi connectivity index (χ3n) is 15.2. The van der Waals surface area contributed by atoms with E-state index in [9.17, 15) is 0 Å². The van der Waals surface area contributed by atoms with E-state index in [1.807, 2.05) is 18.2 Å². The van der Waals surface area contributed by atoms with Crippen molar-refractivity contribution in [1.82, 2.24) is 0 Å². The number of unbranched alkanes of at least 4 members (excludes halogenated alkanes) is 12. The zero-order valence-corrected chi connectivity index (χ0v) is 40.8. The van der Waals surface area contributed by atoms with Crippen molar-refractivity contribution < 1.29 is 9.59 Å². The number of rotatable bonds is 24. The van der Waals surface area contributed by atoms with Crippen LogP contribution in [0, 0.1) is 0 Å². The summed E-state index contributed by atoms with van der Waals surface area (Å²) in [6, 6.07) is 37.1. The number of hydrogen-bond donors (Lipinski definition) is 0. The van der Waals surface area contributed by atoms with E-state index < -0.39 is 0 Å². The first-order valence-corrected chi connectivity index (χ1v) is 25.8. The molecule has 0 saturated heterocycles. The average molecular weight is 855 g/mol. The van der Waals surface area contributed by atoms with Crippen molar-refractivity contribution in [3.05, 3.63) is 153 Å². The van der Waals surface area contributed by atoms with Gasteiger partial charge in [-0.05, 0) is 112 Å². The fraction of sp³-hybridized carbons (Fsp3) is 0.484. The minimum absolute atomic E-state index is 0.00708. The number of fused-ring (bicyclic) bond motifs is 6. The van der Waals surface area contributed by atoms with Crippen LogP contribution in [0.15, 0.2) is 103 Å². The highest BCUT2D eigenvalue weighted by atomic mass is 16.1. The molecule has 2 nitrogen and oxygen atoms in total. The normalized spacial score (nSPS) is 14.2. The Morgan fingerprint density at radius 3 is 1.06 bits per heavy atom. The van der Waals surface area contributed by atoms with Gasteiger partial charge in [-0.1, -0.05) is 224 Å². The van der Waals surface area contributed by atoms with Crippen molar-refractivity contribution in [1.29, 1.82) is 0 Å². The molecule has 0 spiro atoms. The second-order valence-corrected chi connectivity index (χ2v) is 20.7. The summed E-state index contributed by atoms with van der Waals surface area (Å²) in [5, 5.41) is 0. The van der Waals surface area contributed by atoms with E-state index in [0.717, 1.165) is 31.2 Å². The summed E-state index contributed by atoms with van der Waals surface area (Å²) in [6.07, 6.45) is 23.9. The smallest absolute Gasteiger partial charge is 0.193 e. The summed E-state index contributed by atoms with van der Waals surface area (Å²) in [5.74, 6) is -0.0142. The summed E-state index contributed by atoms with van der Waals surface area (Å²) in [5.41, 5.74) is 13.9. The van der Waals surface area contributed by atoms with Crippen LogP contribution in [0.1, 0.15) is 237 Å². The van der Waals surface area contributed by atoms with Gasteiger partial charge in [-0.15, -0.1) is 0 Å². The lowest BCUT2D eigenvalue weighted by Crippen LogP contribution is -2.26. The topological polar surface area (TPSA) is 34.1 Å². The van der Waals surface area contributed by atoms with Crippen LogP contribution in [-0.2, 0) is 16.2 Å². The van der Waals surface area contributed by atoms with Gasteiger partial charge in [-0.2, -0.15) is 0 Å². The molecule has 2 aliphatic carbocycles. The Balaban J connectivity index is 1.28. The summed E-state index contributed by atoms with van der Waals surface area (Å²) in [6.45, 7) is 15.7. The maximum absolute atomic E-state index is 15.1. The van der Waals surface area contributed by atoms with Gasteiger partial charge in [-0.25, -0.2) is 0 Å². The summed E-state index contributed by atoms with van der Waals surface area (Å²) >= 11 is 0. The maximum atomic E-state index is 15.1. The molecule has 0 bridgehead atoms. The SMILES string of the molecule is CCCCCCC1(CCCCCC)c2ccccc2-c2ccc(C(=O)c3cc(C(=O)c4ccc5c(c4)C(CCCCCC)(CCCCCC)c4ccccc4-5)cc(C(C)(C)C)c3)cc21. The van der Waals surface area contributed by atoms with Crippen molar-refractivity contribution in [2.75, 3.05) is 0 Å². The van der Waals surface area contributed by atoms with Crippen LogP contribution in [0.4, 0.5) is 0 Å². The van der Waals surface area contributed by atoms with Gasteiger partial charge in [0.1, 0.15) is 0 Å². The molecule has 0 fully saturated rings. The minimum Gasteiger partial charge on any atom is -0.289 e. The highest BCUT2D eigenvalue weighted by Gasteiger charge is 2.44. The summed E-state index contributed by atoms with van der Waals surface area (Å²) < 4.78 is 0. The number of ketones is 2. The van der Waals surface area contributed by atoms with Crippen LogP contribution in [0.25, 0.3) is 22.3 Å². The van der Waals surface area contributed by atoms with Crippen molar-refractivity contribution in [3.8, 4) is 22.3 Å². The van der Waals surface area contributed by atoms with Gasteiger partial charge in [0.2, 0.25) is 0 Å². The predicted molar refractivity (Wildman–Crippen MR) is 272 cm³/mol. The van der Waals surface area contributed by atoms with Gasteiger partial charge in [0.25, 0.3) is 0 Å². The molecule has 0 amide bonds. The predicted octanol–water partition coefficient (Wildman–Crippen LogP) is 17.9. The fourth-order valence-electron chi connectivity index (χ4n) is 11.6. The maximum Gasteiger partial charge on any atom is 0.193 e. The zero-order valence-electron chi connectivity index (χ0n) is 40.8. The van der Waals surface area contributed by atoms with Crippen LogP contribution in [-0.4, -0.2) is 11.6 Å². The van der Waals surface area contributed by atoms with E-state index in [2.05, 4.69) is 133 Å². The standard InChI is InChI=1S/C62H78O2/c1-8-12-16-24-36-61(37-25-17-13-9-2)54-30-22-20-28-50(54)52-34-32-45(43-56(52)61)58(63)47-40-48(42-49(41-47)60(5,6)7)59(64)46-33-35-53-51-29-21-23-31-55(51)62(57(53)44-46,38-26-18-14-10-3)39-27-19-15-11-4/h20-23,28-35,40-44H,8-19,24-27,36-39H2,1-7H3. The second kappa shape index (κ2) is 21.2. The lowest BCUT2D eigenvalue weighted by atomic mass is 9.70. The summed E-state index contributed by atoms with van der Waals surface area (Å²) in [7, 11) is 0. The van der Waals surface area contributed by atoms with Gasteiger partial charge in [0, 0.05) is 33.1 Å². The lowest BCUT2D eigenvalue weighted by molar-refractivity contribution is 0.103. The van der Waals surface area contributed by atoms with E-state index >= 15 is 9.59 Å². The molecule has 0 aliphatic heterocycles. The first-order chi connectivity index (χ1) is 31.0. The first-order valence-electron chi connectivity index (χ1n) is 25.8. The van der Waals surface area contributed by atoms with E-state index in [1.54, 1.807) is 0 Å². The van der Waals surface area contributed by atoms with Crippen LogP contribution >= 0.6 is 0 Å². The molecule has 2 heteroatoms. The monoisotopic (exact) mass is 855 g/mol. The summed E-state index contributed by atoms with van der Waals surface area (Å²) in [4.78, 5) is 30.1. The third kappa shape index (κ3) is 9.69. The number of benzene rings is 5. The molecular formula is C62H78O2. The molecule has 0 saturated carbocycles. The molecule has 5 aromatic carbocycles. The Kier molecular flexibility index (Phi) is 15.7. The number of hydrogen-bond acceptors (Lipinski definition) is 2. The molecule has 0 aromatic heterocycles. The van der Waals surface area contributed by atoms with Gasteiger partial charge in [0.05, 0.1) is 0 Å². The molecular weight excluding hydrogens is 777 g/mol. The molecule has 5 aromatic rings. The Morgan fingerprint density at radius 1 is 0.375 bits per heavy atom. The van der Waals surface area contributed by atoms with Gasteiger partial charge < -0.3 is 0 Å². The molecule has 0 unspecified atom stereocenters. The second-order valence-electron chi connectivity index (χ2n) is 20.7. The van der Waals surface area contributed by atoms with E-state index in [4.69, 9.17) is 0 Å². The molecule has 7 rings (SSSR count). The first kappa shape index (κ1) is 47.4. The number of carbonyl (C=O) groups excluding carboxylic acids is 2. The quantitative estimate of drug-likeness (QED) is 0.0458. The van der Waals surface area contributed by atoms with Crippen molar-refractivity contribution in [3.63, 3.8) is 0 Å². The van der Waals surface area contributed by atoms with Gasteiger partial charge in [0.15, 0.2) is 11.6 Å². The van der Waals surface area contributed by atoms with E-state index in [0.29, 0.717) is 22.3 Å². The highest BCUT2D eigenvalue weighted by Crippen LogP contribution is 2.56. The Morgan fingerprint density at radius 2 is 0.719 bits per heavy atom. The van der Waals surface area contributed by atoms with Crippen LogP contribution in [0.5, 0.6) is 0 Å². The third-order valence-corrected chi connectivity index (χ3v) is 15.2. The molecule has 64 heavy (non-hydrogen) atoms. The molecule has 0 radical (unpaired) electrons. The molecule has 0 heterocycles. The average Bonchev–Trinajstić information content (AvgIpc) is 3.74. The number of carbonyl (C=O) groups is 2. The highest BCUT2D eigenvalue weighted by molar-refractivity contribution is 6.14. The molecule has 2 aliphatic rings. The largest absolute Gasteiger partial charge is 0.289 e. The Labute approximate surface area is 388 Å². The van der Waals surface area contributed by atoms with E-state index in [-0.39, 0.29) is 27.8 Å².